The Morgan fingerprint density at radius 1 is 1.24 bits per heavy atom. The molecule has 5 nitrogen and oxygen atoms in total. The molecule has 3 rings (SSSR count). The zero-order valence-corrected chi connectivity index (χ0v) is 13.0. The van der Waals surface area contributed by atoms with E-state index in [9.17, 15) is 17.2 Å². The van der Waals surface area contributed by atoms with E-state index in [4.69, 9.17) is 0 Å². The van der Waals surface area contributed by atoms with Gasteiger partial charge in [-0.2, -0.15) is 9.40 Å². The lowest BCUT2D eigenvalue weighted by molar-refractivity contribution is 0.0767. The van der Waals surface area contributed by atoms with Crippen LogP contribution in [0.4, 0.5) is 8.78 Å². The smallest absolute Gasteiger partial charge is 0.255 e. The molecule has 1 saturated carbocycles. The van der Waals surface area contributed by atoms with Crippen molar-refractivity contribution in [2.75, 3.05) is 13.1 Å². The van der Waals surface area contributed by atoms with Gasteiger partial charge in [0, 0.05) is 20.1 Å². The largest absolute Gasteiger partial charge is 0.268 e. The first-order chi connectivity index (χ1) is 9.77. The van der Waals surface area contributed by atoms with Crippen LogP contribution < -0.4 is 0 Å². The van der Waals surface area contributed by atoms with Crippen molar-refractivity contribution in [2.45, 2.75) is 44.1 Å². The molecule has 8 heteroatoms. The van der Waals surface area contributed by atoms with Gasteiger partial charge in [-0.25, -0.2) is 17.2 Å². The second kappa shape index (κ2) is 4.74. The number of hydrogen-bond acceptors (Lipinski definition) is 3. The molecular weight excluding hydrogens is 300 g/mol. The fourth-order valence-corrected chi connectivity index (χ4v) is 5.67. The predicted molar refractivity (Wildman–Crippen MR) is 72.6 cm³/mol. The predicted octanol–water partition coefficient (Wildman–Crippen LogP) is 2.23. The second-order valence-corrected chi connectivity index (χ2v) is 8.06. The van der Waals surface area contributed by atoms with Crippen LogP contribution in [0.25, 0.3) is 0 Å². The Labute approximate surface area is 123 Å². The quantitative estimate of drug-likeness (QED) is 0.858. The highest BCUT2D eigenvalue weighted by Gasteiger charge is 2.51. The number of alkyl halides is 2. The number of halogens is 2. The lowest BCUT2D eigenvalue weighted by Crippen LogP contribution is -2.57. The van der Waals surface area contributed by atoms with Crippen molar-refractivity contribution in [1.29, 1.82) is 0 Å². The first-order valence-electron chi connectivity index (χ1n) is 7.09. The minimum atomic E-state index is -3.90. The van der Waals surface area contributed by atoms with E-state index in [-0.39, 0.29) is 16.1 Å². The summed E-state index contributed by atoms with van der Waals surface area (Å²) in [5.41, 5.74) is -0.307. The molecule has 118 valence electrons. The minimum Gasteiger partial charge on any atom is -0.255 e. The van der Waals surface area contributed by atoms with Crippen LogP contribution in [0.2, 0.25) is 0 Å². The van der Waals surface area contributed by atoms with Crippen molar-refractivity contribution in [3.05, 3.63) is 11.3 Å². The third-order valence-corrected chi connectivity index (χ3v) is 6.62. The van der Waals surface area contributed by atoms with E-state index >= 15 is 0 Å². The highest BCUT2D eigenvalue weighted by molar-refractivity contribution is 7.89. The SMILES string of the molecule is Cc1nn(C)c(S(=O)(=O)N2CC3(CCCC3)C2)c1C(F)F. The Balaban J connectivity index is 1.93. The Morgan fingerprint density at radius 3 is 2.33 bits per heavy atom. The zero-order valence-electron chi connectivity index (χ0n) is 12.1. The molecule has 2 aliphatic rings. The summed E-state index contributed by atoms with van der Waals surface area (Å²) in [5, 5.41) is 3.50. The van der Waals surface area contributed by atoms with E-state index in [0.717, 1.165) is 30.4 Å². The van der Waals surface area contributed by atoms with Crippen LogP contribution in [0.1, 0.15) is 43.4 Å². The highest BCUT2D eigenvalue weighted by Crippen LogP contribution is 2.47. The van der Waals surface area contributed by atoms with Crippen molar-refractivity contribution in [1.82, 2.24) is 14.1 Å². The summed E-state index contributed by atoms with van der Waals surface area (Å²) >= 11 is 0. The molecule has 0 unspecified atom stereocenters. The summed E-state index contributed by atoms with van der Waals surface area (Å²) in [5.74, 6) is 0. The standard InChI is InChI=1S/C13H19F2N3O2S/c1-9-10(11(14)15)12(17(2)16-9)21(19,20)18-7-13(8-18)5-3-4-6-13/h11H,3-8H2,1-2H3. The van der Waals surface area contributed by atoms with Crippen LogP contribution in [-0.2, 0) is 17.1 Å². The molecular formula is C13H19F2N3O2S. The Kier molecular flexibility index (Phi) is 3.36. The van der Waals surface area contributed by atoms with Crippen LogP contribution in [0.5, 0.6) is 0 Å². The van der Waals surface area contributed by atoms with Crippen molar-refractivity contribution in [2.24, 2.45) is 12.5 Å². The van der Waals surface area contributed by atoms with Crippen molar-refractivity contribution >= 4 is 10.0 Å². The molecule has 1 saturated heterocycles. The van der Waals surface area contributed by atoms with E-state index in [1.807, 2.05) is 0 Å². The Hall–Kier alpha value is -1.02. The maximum atomic E-state index is 13.2. The monoisotopic (exact) mass is 319 g/mol. The van der Waals surface area contributed by atoms with Gasteiger partial charge in [0.1, 0.15) is 0 Å². The van der Waals surface area contributed by atoms with Crippen LogP contribution in [-0.4, -0.2) is 35.6 Å². The molecule has 0 N–H and O–H groups in total. The number of rotatable bonds is 3. The molecule has 2 fully saturated rings. The Morgan fingerprint density at radius 2 is 1.81 bits per heavy atom. The van der Waals surface area contributed by atoms with Crippen molar-refractivity contribution in [3.8, 4) is 0 Å². The van der Waals surface area contributed by atoms with E-state index < -0.39 is 22.0 Å². The number of sulfonamides is 1. The van der Waals surface area contributed by atoms with Gasteiger partial charge in [-0.05, 0) is 25.2 Å². The molecule has 0 atom stereocenters. The Bertz CT molecular complexity index is 655. The maximum absolute atomic E-state index is 13.2. The van der Waals surface area contributed by atoms with Crippen LogP contribution in [0.15, 0.2) is 5.03 Å². The van der Waals surface area contributed by atoms with Crippen molar-refractivity contribution in [3.63, 3.8) is 0 Å². The molecule has 0 aromatic carbocycles. The van der Waals surface area contributed by atoms with E-state index in [1.165, 1.54) is 18.3 Å². The average molecular weight is 319 g/mol. The van der Waals surface area contributed by atoms with Gasteiger partial charge in [-0.15, -0.1) is 0 Å². The van der Waals surface area contributed by atoms with E-state index in [2.05, 4.69) is 5.10 Å². The number of nitrogens with zero attached hydrogens (tertiary/aromatic N) is 3. The van der Waals surface area contributed by atoms with Gasteiger partial charge in [0.05, 0.1) is 11.3 Å². The summed E-state index contributed by atoms with van der Waals surface area (Å²) in [4.78, 5) is 0. The number of aryl methyl sites for hydroxylation is 2. The number of aromatic nitrogens is 2. The van der Waals surface area contributed by atoms with E-state index in [0.29, 0.717) is 13.1 Å². The first kappa shape index (κ1) is 14.9. The average Bonchev–Trinajstić information content (AvgIpc) is 2.91. The molecule has 1 aromatic rings. The fourth-order valence-electron chi connectivity index (χ4n) is 3.65. The van der Waals surface area contributed by atoms with Gasteiger partial charge in [0.2, 0.25) is 0 Å². The van der Waals surface area contributed by atoms with Gasteiger partial charge in [0.25, 0.3) is 16.4 Å². The molecule has 0 radical (unpaired) electrons. The topological polar surface area (TPSA) is 55.2 Å². The molecule has 0 amide bonds. The van der Waals surface area contributed by atoms with Gasteiger partial charge in [0.15, 0.2) is 5.03 Å². The summed E-state index contributed by atoms with van der Waals surface area (Å²) in [6.45, 7) is 2.31. The number of hydrogen-bond donors (Lipinski definition) is 0. The highest BCUT2D eigenvalue weighted by atomic mass is 32.2. The van der Waals surface area contributed by atoms with Crippen molar-refractivity contribution < 1.29 is 17.2 Å². The van der Waals surface area contributed by atoms with Crippen LogP contribution in [0, 0.1) is 12.3 Å². The third-order valence-electron chi connectivity index (χ3n) is 4.70. The third kappa shape index (κ3) is 2.19. The molecule has 21 heavy (non-hydrogen) atoms. The zero-order chi connectivity index (χ0) is 15.4. The molecule has 2 heterocycles. The minimum absolute atomic E-state index is 0.0715. The van der Waals surface area contributed by atoms with Gasteiger partial charge in [-0.3, -0.25) is 4.68 Å². The lowest BCUT2D eigenvalue weighted by Gasteiger charge is -2.47. The molecule has 1 aliphatic carbocycles. The van der Waals surface area contributed by atoms with Crippen LogP contribution in [0.3, 0.4) is 0 Å². The normalized spacial score (nSPS) is 22.1. The molecule has 1 aromatic heterocycles. The van der Waals surface area contributed by atoms with Gasteiger partial charge < -0.3 is 0 Å². The summed E-state index contributed by atoms with van der Waals surface area (Å²) in [6, 6.07) is 0. The van der Waals surface area contributed by atoms with Crippen LogP contribution >= 0.6 is 0 Å². The summed E-state index contributed by atoms with van der Waals surface area (Å²) in [6.07, 6.45) is 1.48. The molecule has 0 bridgehead atoms. The second-order valence-electron chi connectivity index (χ2n) is 6.21. The molecule has 1 spiro atoms. The van der Waals surface area contributed by atoms with Gasteiger partial charge in [-0.1, -0.05) is 12.8 Å². The fraction of sp³-hybridized carbons (Fsp3) is 0.769. The molecule has 1 aliphatic heterocycles. The summed E-state index contributed by atoms with van der Waals surface area (Å²) < 4.78 is 54.0. The lowest BCUT2D eigenvalue weighted by atomic mass is 9.80. The first-order valence-corrected chi connectivity index (χ1v) is 8.53. The van der Waals surface area contributed by atoms with Gasteiger partial charge >= 0.3 is 0 Å². The summed E-state index contributed by atoms with van der Waals surface area (Å²) in [7, 11) is -2.50. The van der Waals surface area contributed by atoms with E-state index in [1.54, 1.807) is 0 Å². The maximum Gasteiger partial charge on any atom is 0.268 e.